The van der Waals surface area contributed by atoms with Crippen LogP contribution in [0.25, 0.3) is 0 Å². The van der Waals surface area contributed by atoms with E-state index in [1.807, 2.05) is 24.8 Å². The Morgan fingerprint density at radius 3 is 2.33 bits per heavy atom. The van der Waals surface area contributed by atoms with Crippen LogP contribution in [-0.2, 0) is 24.6 Å². The Kier molecular flexibility index (Phi) is 8.00. The summed E-state index contributed by atoms with van der Waals surface area (Å²) in [6, 6.07) is 7.14. The number of carbonyl (C=O) groups is 4. The van der Waals surface area contributed by atoms with Crippen molar-refractivity contribution < 1.29 is 23.9 Å². The molecular weight excluding hydrogens is 458 g/mol. The molecule has 4 amide bonds. The molecule has 3 fully saturated rings. The number of nitrogens with zero attached hydrogens (tertiary/aromatic N) is 3. The second kappa shape index (κ2) is 11.0. The van der Waals surface area contributed by atoms with Gasteiger partial charge in [0.25, 0.3) is 0 Å². The van der Waals surface area contributed by atoms with Crippen LogP contribution < -0.4 is 4.74 Å². The number of hydrogen-bond acceptors (Lipinski definition) is 5. The lowest BCUT2D eigenvalue weighted by Gasteiger charge is -2.36. The lowest BCUT2D eigenvalue weighted by atomic mass is 9.75. The van der Waals surface area contributed by atoms with Crippen molar-refractivity contribution in [3.8, 4) is 5.75 Å². The highest BCUT2D eigenvalue weighted by Gasteiger charge is 2.56. The molecule has 0 N–H and O–H groups in total. The molecule has 2 saturated heterocycles. The predicted octanol–water partition coefficient (Wildman–Crippen LogP) is 3.13. The summed E-state index contributed by atoms with van der Waals surface area (Å²) in [5.74, 6) is 0.0896. The molecule has 36 heavy (non-hydrogen) atoms. The molecule has 3 aliphatic rings. The Hall–Kier alpha value is -2.90. The van der Waals surface area contributed by atoms with Crippen molar-refractivity contribution in [3.05, 3.63) is 29.8 Å². The normalized spacial score (nSPS) is 23.4. The van der Waals surface area contributed by atoms with E-state index in [9.17, 15) is 19.2 Å². The molecule has 1 unspecified atom stereocenters. The molecular formula is C28H39N3O5. The summed E-state index contributed by atoms with van der Waals surface area (Å²) >= 11 is 0. The number of methoxy groups -OCH3 is 1. The molecule has 0 spiro atoms. The quantitative estimate of drug-likeness (QED) is 0.515. The average molecular weight is 498 g/mol. The Bertz CT molecular complexity index is 993. The van der Waals surface area contributed by atoms with E-state index in [0.717, 1.165) is 25.7 Å². The maximum Gasteiger partial charge on any atom is 0.241 e. The second-order valence-electron chi connectivity index (χ2n) is 10.3. The van der Waals surface area contributed by atoms with Crippen LogP contribution in [0.4, 0.5) is 0 Å². The molecule has 0 aromatic heterocycles. The van der Waals surface area contributed by atoms with E-state index in [1.165, 1.54) is 4.90 Å². The predicted molar refractivity (Wildman–Crippen MR) is 135 cm³/mol. The van der Waals surface area contributed by atoms with Gasteiger partial charge in [0.15, 0.2) is 0 Å². The SMILES string of the molecule is CCN(CC)C(=O)C1CCN(C(=O)CC2(c3cccc(OC)c3)CC(=O)N(C3CCCC3)C2=O)CC1. The highest BCUT2D eigenvalue weighted by atomic mass is 16.5. The third-order valence-corrected chi connectivity index (χ3v) is 8.39. The van der Waals surface area contributed by atoms with Crippen LogP contribution in [0.3, 0.4) is 0 Å². The summed E-state index contributed by atoms with van der Waals surface area (Å²) in [7, 11) is 1.56. The fourth-order valence-electron chi connectivity index (χ4n) is 6.22. The van der Waals surface area contributed by atoms with Gasteiger partial charge >= 0.3 is 0 Å². The second-order valence-corrected chi connectivity index (χ2v) is 10.3. The summed E-state index contributed by atoms with van der Waals surface area (Å²) in [4.78, 5) is 58.6. The molecule has 1 saturated carbocycles. The Morgan fingerprint density at radius 2 is 1.72 bits per heavy atom. The summed E-state index contributed by atoms with van der Waals surface area (Å²) in [6.07, 6.45) is 4.85. The minimum atomic E-state index is -1.22. The van der Waals surface area contributed by atoms with Crippen molar-refractivity contribution in [3.63, 3.8) is 0 Å². The maximum absolute atomic E-state index is 14.0. The van der Waals surface area contributed by atoms with Crippen LogP contribution in [0.1, 0.15) is 70.8 Å². The van der Waals surface area contributed by atoms with Gasteiger partial charge < -0.3 is 14.5 Å². The highest BCUT2D eigenvalue weighted by molar-refractivity contribution is 6.11. The fourth-order valence-corrected chi connectivity index (χ4v) is 6.22. The average Bonchev–Trinajstić information content (AvgIpc) is 3.51. The molecule has 1 atom stereocenters. The highest BCUT2D eigenvalue weighted by Crippen LogP contribution is 2.44. The van der Waals surface area contributed by atoms with Gasteiger partial charge in [0.05, 0.1) is 12.5 Å². The molecule has 1 aliphatic carbocycles. The number of piperidine rings is 1. The van der Waals surface area contributed by atoms with E-state index in [-0.39, 0.29) is 48.4 Å². The smallest absolute Gasteiger partial charge is 0.241 e. The van der Waals surface area contributed by atoms with Crippen molar-refractivity contribution in [2.45, 2.75) is 76.7 Å². The summed E-state index contributed by atoms with van der Waals surface area (Å²) < 4.78 is 5.40. The van der Waals surface area contributed by atoms with Gasteiger partial charge in [-0.1, -0.05) is 25.0 Å². The topological polar surface area (TPSA) is 87.2 Å². The lowest BCUT2D eigenvalue weighted by Crippen LogP contribution is -2.48. The van der Waals surface area contributed by atoms with Gasteiger partial charge in [0.1, 0.15) is 5.75 Å². The molecule has 1 aromatic rings. The van der Waals surface area contributed by atoms with Crippen LogP contribution in [0.5, 0.6) is 5.75 Å². The van der Waals surface area contributed by atoms with Gasteiger partial charge in [-0.2, -0.15) is 0 Å². The van der Waals surface area contributed by atoms with E-state index in [4.69, 9.17) is 4.74 Å². The number of ether oxygens (including phenoxy) is 1. The van der Waals surface area contributed by atoms with E-state index < -0.39 is 5.41 Å². The Balaban J connectivity index is 1.55. The van der Waals surface area contributed by atoms with Gasteiger partial charge in [-0.05, 0) is 57.2 Å². The maximum atomic E-state index is 14.0. The fraction of sp³-hybridized carbons (Fsp3) is 0.643. The van der Waals surface area contributed by atoms with Crippen LogP contribution in [-0.4, -0.2) is 77.7 Å². The Labute approximate surface area is 213 Å². The zero-order valence-corrected chi connectivity index (χ0v) is 21.8. The summed E-state index contributed by atoms with van der Waals surface area (Å²) in [6.45, 7) is 6.30. The van der Waals surface area contributed by atoms with E-state index in [0.29, 0.717) is 50.3 Å². The van der Waals surface area contributed by atoms with Crippen molar-refractivity contribution >= 4 is 23.6 Å². The molecule has 2 aliphatic heterocycles. The third-order valence-electron chi connectivity index (χ3n) is 8.39. The van der Waals surface area contributed by atoms with Crippen molar-refractivity contribution in [2.75, 3.05) is 33.3 Å². The number of rotatable bonds is 8. The zero-order chi connectivity index (χ0) is 25.9. The number of likely N-dealkylation sites (tertiary alicyclic amines) is 2. The molecule has 0 radical (unpaired) electrons. The van der Waals surface area contributed by atoms with Crippen molar-refractivity contribution in [2.24, 2.45) is 5.92 Å². The first-order valence-corrected chi connectivity index (χ1v) is 13.4. The van der Waals surface area contributed by atoms with Crippen LogP contribution in [0.15, 0.2) is 24.3 Å². The number of imide groups is 1. The van der Waals surface area contributed by atoms with Crippen molar-refractivity contribution in [1.82, 2.24) is 14.7 Å². The first-order valence-electron chi connectivity index (χ1n) is 13.4. The minimum absolute atomic E-state index is 0.00183. The van der Waals surface area contributed by atoms with Crippen LogP contribution >= 0.6 is 0 Å². The number of carbonyl (C=O) groups excluding carboxylic acids is 4. The van der Waals surface area contributed by atoms with Crippen LogP contribution in [0, 0.1) is 5.92 Å². The monoisotopic (exact) mass is 497 g/mol. The first kappa shape index (κ1) is 26.2. The van der Waals surface area contributed by atoms with E-state index in [2.05, 4.69) is 0 Å². The standard InChI is InChI=1S/C28H39N3O5/c1-4-29(5-2)26(34)20-13-15-30(16-14-20)24(32)18-28(21-9-8-12-23(17-21)36-3)19-25(33)31(27(28)35)22-10-6-7-11-22/h8-9,12,17,20,22H,4-7,10-11,13-16,18-19H2,1-3H3. The largest absolute Gasteiger partial charge is 0.497 e. The van der Waals surface area contributed by atoms with E-state index >= 15 is 0 Å². The van der Waals surface area contributed by atoms with Crippen LogP contribution in [0.2, 0.25) is 0 Å². The molecule has 8 nitrogen and oxygen atoms in total. The van der Waals surface area contributed by atoms with Gasteiger partial charge in [0.2, 0.25) is 23.6 Å². The molecule has 196 valence electrons. The number of amides is 4. The third kappa shape index (κ3) is 4.87. The number of benzene rings is 1. The molecule has 1 aromatic carbocycles. The lowest BCUT2D eigenvalue weighted by molar-refractivity contribution is -0.145. The van der Waals surface area contributed by atoms with Gasteiger partial charge in [-0.15, -0.1) is 0 Å². The van der Waals surface area contributed by atoms with E-state index in [1.54, 1.807) is 30.2 Å². The first-order chi connectivity index (χ1) is 17.3. The molecule has 4 rings (SSSR count). The minimum Gasteiger partial charge on any atom is -0.497 e. The molecule has 2 heterocycles. The zero-order valence-electron chi connectivity index (χ0n) is 21.8. The van der Waals surface area contributed by atoms with Gasteiger partial charge in [-0.3, -0.25) is 24.1 Å². The number of hydrogen-bond donors (Lipinski definition) is 0. The summed E-state index contributed by atoms with van der Waals surface area (Å²) in [5, 5.41) is 0. The van der Waals surface area contributed by atoms with Gasteiger partial charge in [-0.25, -0.2) is 0 Å². The Morgan fingerprint density at radius 1 is 1.06 bits per heavy atom. The summed E-state index contributed by atoms with van der Waals surface area (Å²) in [5.41, 5.74) is -0.570. The molecule has 8 heteroatoms. The molecule has 0 bridgehead atoms. The van der Waals surface area contributed by atoms with Crippen molar-refractivity contribution in [1.29, 1.82) is 0 Å². The van der Waals surface area contributed by atoms with Gasteiger partial charge in [0, 0.05) is 51.0 Å².